The zero-order chi connectivity index (χ0) is 13.4. The molecule has 1 aromatic carbocycles. The summed E-state index contributed by atoms with van der Waals surface area (Å²) in [5.41, 5.74) is 6.76. The molecular formula is C13H14N4O2. The highest BCUT2D eigenvalue weighted by Gasteiger charge is 2.29. The van der Waals surface area contributed by atoms with E-state index in [1.54, 1.807) is 17.0 Å². The van der Waals surface area contributed by atoms with Gasteiger partial charge < -0.3 is 15.6 Å². The van der Waals surface area contributed by atoms with Crippen LogP contribution in [0.25, 0.3) is 10.9 Å². The summed E-state index contributed by atoms with van der Waals surface area (Å²) >= 11 is 0. The van der Waals surface area contributed by atoms with E-state index in [1.165, 1.54) is 6.33 Å². The van der Waals surface area contributed by atoms with Crippen molar-refractivity contribution >= 4 is 22.5 Å². The van der Waals surface area contributed by atoms with E-state index < -0.39 is 0 Å². The second-order valence-electron chi connectivity index (χ2n) is 4.74. The SMILES string of the molecule is NCC1CC(=O)N(c2ccc3nc[nH]c(=O)c3c2)C1. The van der Waals surface area contributed by atoms with Gasteiger partial charge in [-0.25, -0.2) is 4.98 Å². The molecule has 1 unspecified atom stereocenters. The molecule has 1 saturated heterocycles. The first kappa shape index (κ1) is 11.9. The van der Waals surface area contributed by atoms with E-state index >= 15 is 0 Å². The fourth-order valence-corrected chi connectivity index (χ4v) is 2.41. The number of carbonyl (C=O) groups is 1. The molecule has 3 rings (SSSR count). The number of H-pyrrole nitrogens is 1. The Kier molecular flexibility index (Phi) is 2.79. The van der Waals surface area contributed by atoms with Gasteiger partial charge in [-0.3, -0.25) is 9.59 Å². The molecule has 1 amide bonds. The molecule has 3 N–H and O–H groups in total. The van der Waals surface area contributed by atoms with Crippen molar-refractivity contribution in [3.8, 4) is 0 Å². The van der Waals surface area contributed by atoms with Gasteiger partial charge in [0.25, 0.3) is 5.56 Å². The Morgan fingerprint density at radius 3 is 3.00 bits per heavy atom. The van der Waals surface area contributed by atoms with E-state index in [2.05, 4.69) is 9.97 Å². The van der Waals surface area contributed by atoms with E-state index in [0.29, 0.717) is 30.4 Å². The number of amides is 1. The summed E-state index contributed by atoms with van der Waals surface area (Å²) in [7, 11) is 0. The van der Waals surface area contributed by atoms with Crippen LogP contribution in [0.4, 0.5) is 5.69 Å². The van der Waals surface area contributed by atoms with Crippen LogP contribution in [0.1, 0.15) is 6.42 Å². The molecule has 1 aliphatic heterocycles. The highest BCUT2D eigenvalue weighted by atomic mass is 16.2. The molecule has 0 radical (unpaired) electrons. The number of rotatable bonds is 2. The minimum absolute atomic E-state index is 0.0510. The van der Waals surface area contributed by atoms with E-state index in [0.717, 1.165) is 5.69 Å². The number of carbonyl (C=O) groups excluding carboxylic acids is 1. The van der Waals surface area contributed by atoms with Crippen molar-refractivity contribution < 1.29 is 4.79 Å². The van der Waals surface area contributed by atoms with Gasteiger partial charge in [0.1, 0.15) is 0 Å². The number of aromatic amines is 1. The number of fused-ring (bicyclic) bond motifs is 1. The van der Waals surface area contributed by atoms with Crippen molar-refractivity contribution in [2.45, 2.75) is 6.42 Å². The van der Waals surface area contributed by atoms with Crippen LogP contribution in [0.15, 0.2) is 29.3 Å². The lowest BCUT2D eigenvalue weighted by Gasteiger charge is -2.16. The maximum absolute atomic E-state index is 11.9. The maximum Gasteiger partial charge on any atom is 0.258 e. The Hall–Kier alpha value is -2.21. The number of nitrogens with one attached hydrogen (secondary N) is 1. The van der Waals surface area contributed by atoms with Crippen molar-refractivity contribution in [2.24, 2.45) is 11.7 Å². The van der Waals surface area contributed by atoms with Crippen LogP contribution in [0.3, 0.4) is 0 Å². The van der Waals surface area contributed by atoms with Gasteiger partial charge in [-0.15, -0.1) is 0 Å². The number of benzene rings is 1. The Morgan fingerprint density at radius 2 is 2.26 bits per heavy atom. The molecule has 6 heteroatoms. The van der Waals surface area contributed by atoms with Crippen LogP contribution in [0, 0.1) is 5.92 Å². The summed E-state index contributed by atoms with van der Waals surface area (Å²) in [5.74, 6) is 0.241. The van der Waals surface area contributed by atoms with Gasteiger partial charge in [-0.05, 0) is 30.7 Å². The average Bonchev–Trinajstić information content (AvgIpc) is 2.80. The molecule has 1 aromatic heterocycles. The molecule has 98 valence electrons. The maximum atomic E-state index is 11.9. The van der Waals surface area contributed by atoms with Gasteiger partial charge in [0.15, 0.2) is 0 Å². The molecule has 0 aliphatic carbocycles. The van der Waals surface area contributed by atoms with E-state index in [1.807, 2.05) is 6.07 Å². The quantitative estimate of drug-likeness (QED) is 0.806. The number of aromatic nitrogens is 2. The third kappa shape index (κ3) is 2.00. The van der Waals surface area contributed by atoms with Crippen LogP contribution in [0.5, 0.6) is 0 Å². The summed E-state index contributed by atoms with van der Waals surface area (Å²) in [5, 5.41) is 0.490. The normalized spacial score (nSPS) is 19.3. The molecule has 1 atom stereocenters. The molecule has 0 saturated carbocycles. The average molecular weight is 258 g/mol. The lowest BCUT2D eigenvalue weighted by Crippen LogP contribution is -2.25. The van der Waals surface area contributed by atoms with Crippen molar-refractivity contribution in [3.05, 3.63) is 34.9 Å². The van der Waals surface area contributed by atoms with E-state index in [-0.39, 0.29) is 17.4 Å². The monoisotopic (exact) mass is 258 g/mol. The van der Waals surface area contributed by atoms with Crippen LogP contribution in [0.2, 0.25) is 0 Å². The first-order valence-electron chi connectivity index (χ1n) is 6.17. The standard InChI is InChI=1S/C13H14N4O2/c14-5-8-3-12(18)17(6-8)9-1-2-11-10(4-9)13(19)16-7-15-11/h1-2,4,7-8H,3,5-6,14H2,(H,15,16,19). The smallest absolute Gasteiger partial charge is 0.258 e. The second-order valence-corrected chi connectivity index (χ2v) is 4.74. The Bertz CT molecular complexity index is 694. The van der Waals surface area contributed by atoms with Crippen LogP contribution in [-0.2, 0) is 4.79 Å². The Balaban J connectivity index is 2.04. The molecule has 6 nitrogen and oxygen atoms in total. The minimum Gasteiger partial charge on any atom is -0.330 e. The van der Waals surface area contributed by atoms with Gasteiger partial charge in [0, 0.05) is 18.7 Å². The van der Waals surface area contributed by atoms with Gasteiger partial charge >= 0.3 is 0 Å². The molecule has 0 bridgehead atoms. The van der Waals surface area contributed by atoms with Gasteiger partial charge in [-0.2, -0.15) is 0 Å². The summed E-state index contributed by atoms with van der Waals surface area (Å²) < 4.78 is 0. The first-order valence-corrected chi connectivity index (χ1v) is 6.17. The number of nitrogens with zero attached hydrogens (tertiary/aromatic N) is 2. The Labute approximate surface area is 109 Å². The number of hydrogen-bond donors (Lipinski definition) is 2. The van der Waals surface area contributed by atoms with E-state index in [4.69, 9.17) is 5.73 Å². The molecule has 1 fully saturated rings. The van der Waals surface area contributed by atoms with Crippen LogP contribution >= 0.6 is 0 Å². The molecular weight excluding hydrogens is 244 g/mol. The third-order valence-corrected chi connectivity index (χ3v) is 3.47. The highest BCUT2D eigenvalue weighted by molar-refractivity contribution is 5.97. The lowest BCUT2D eigenvalue weighted by molar-refractivity contribution is -0.117. The number of hydrogen-bond acceptors (Lipinski definition) is 4. The highest BCUT2D eigenvalue weighted by Crippen LogP contribution is 2.26. The molecule has 19 heavy (non-hydrogen) atoms. The van der Waals surface area contributed by atoms with Crippen LogP contribution < -0.4 is 16.2 Å². The summed E-state index contributed by atoms with van der Waals surface area (Å²) in [4.78, 5) is 32.0. The van der Waals surface area contributed by atoms with E-state index in [9.17, 15) is 9.59 Å². The molecule has 2 heterocycles. The lowest BCUT2D eigenvalue weighted by atomic mass is 10.1. The Morgan fingerprint density at radius 1 is 1.42 bits per heavy atom. The third-order valence-electron chi connectivity index (χ3n) is 3.47. The van der Waals surface area contributed by atoms with Gasteiger partial charge in [0.2, 0.25) is 5.91 Å². The van der Waals surface area contributed by atoms with Crippen molar-refractivity contribution in [3.63, 3.8) is 0 Å². The second kappa shape index (κ2) is 4.47. The van der Waals surface area contributed by atoms with Crippen molar-refractivity contribution in [1.82, 2.24) is 9.97 Å². The van der Waals surface area contributed by atoms with Gasteiger partial charge in [0.05, 0.1) is 17.2 Å². The zero-order valence-electron chi connectivity index (χ0n) is 10.3. The predicted octanol–water partition coefficient (Wildman–Crippen LogP) is 0.235. The fraction of sp³-hybridized carbons (Fsp3) is 0.308. The predicted molar refractivity (Wildman–Crippen MR) is 71.9 cm³/mol. The zero-order valence-corrected chi connectivity index (χ0v) is 10.3. The number of nitrogens with two attached hydrogens (primary N) is 1. The molecule has 0 spiro atoms. The van der Waals surface area contributed by atoms with Gasteiger partial charge in [-0.1, -0.05) is 0 Å². The topological polar surface area (TPSA) is 92.1 Å². The fourth-order valence-electron chi connectivity index (χ4n) is 2.41. The molecule has 2 aromatic rings. The summed E-state index contributed by atoms with van der Waals surface area (Å²) in [6.07, 6.45) is 1.84. The van der Waals surface area contributed by atoms with Crippen molar-refractivity contribution in [1.29, 1.82) is 0 Å². The summed E-state index contributed by atoms with van der Waals surface area (Å²) in [6, 6.07) is 5.27. The van der Waals surface area contributed by atoms with Crippen molar-refractivity contribution in [2.75, 3.05) is 18.0 Å². The largest absolute Gasteiger partial charge is 0.330 e. The number of anilines is 1. The molecule has 1 aliphatic rings. The minimum atomic E-state index is -0.200. The van der Waals surface area contributed by atoms with Crippen LogP contribution in [-0.4, -0.2) is 29.0 Å². The first-order chi connectivity index (χ1) is 9.19. The summed E-state index contributed by atoms with van der Waals surface area (Å²) in [6.45, 7) is 1.11.